The number of likely N-dealkylation sites (tertiary alicyclic amines) is 1. The number of sulfonamides is 1. The van der Waals surface area contributed by atoms with E-state index >= 15 is 0 Å². The molecule has 1 N–H and O–H groups in total. The Balaban J connectivity index is 0.678. The van der Waals surface area contributed by atoms with Crippen LogP contribution in [-0.2, 0) is 57.6 Å². The van der Waals surface area contributed by atoms with Crippen LogP contribution >= 0.6 is 0 Å². The highest BCUT2D eigenvalue weighted by molar-refractivity contribution is 7.89. The van der Waals surface area contributed by atoms with Crippen molar-refractivity contribution in [3.8, 4) is 0 Å². The third-order valence-electron chi connectivity index (χ3n) is 16.9. The number of ether oxygens (including phenoxy) is 3. The summed E-state index contributed by atoms with van der Waals surface area (Å²) < 4.78 is 51.1. The Hall–Kier alpha value is -5.03. The molecule has 7 aliphatic rings. The highest BCUT2D eigenvalue weighted by atomic mass is 32.2. The molecule has 0 bridgehead atoms. The van der Waals surface area contributed by atoms with Crippen molar-refractivity contribution in [1.29, 1.82) is 0 Å². The molecule has 1 spiro atoms. The van der Waals surface area contributed by atoms with Crippen LogP contribution in [0.2, 0.25) is 25.7 Å². The number of nitrogens with zero attached hydrogens (tertiary/aromatic N) is 9. The van der Waals surface area contributed by atoms with Crippen LogP contribution in [0.5, 0.6) is 0 Å². The lowest BCUT2D eigenvalue weighted by molar-refractivity contribution is -0.193. The van der Waals surface area contributed by atoms with E-state index in [1.165, 1.54) is 9.47 Å². The standard InChI is InChI=1S/C54H74N10O9SSi/c1-58-46-33-39(14-15-44(46)64(53(58)68)45-16-17-47(65)62(50(45)66)36-71-29-30-75(2,3)4)60-26-24-59(25-27-60)35-37-9-7-12-42(31-37)74(69,70)61-22-18-38(19-23-61)56-52-55-34-43-49(57-52)63(51(67)54(43)20-21-54)40-10-8-11-41(32-40)73-48-13-5-6-28-72-48/h7,9,12,14-15,31,33-34,38,40-41,45,48H,5-6,8,10-11,13,16-30,32,35-36H2,1-4H3,(H,55,56,57)/t40-,41-,45?,48?/m1/s1. The highest BCUT2D eigenvalue weighted by Gasteiger charge is 2.61. The number of piperazine rings is 1. The average molecular weight is 1070 g/mol. The largest absolute Gasteiger partial charge is 0.369 e. The number of carbonyl (C=O) groups excluding carboxylic acids is 3. The summed E-state index contributed by atoms with van der Waals surface area (Å²) in [6.07, 6.45) is 11.7. The third kappa shape index (κ3) is 10.6. The number of rotatable bonds is 16. The van der Waals surface area contributed by atoms with Crippen molar-refractivity contribution in [3.05, 3.63) is 70.3 Å². The second-order valence-corrected chi connectivity index (χ2v) is 30.8. The molecule has 5 aliphatic heterocycles. The van der Waals surface area contributed by atoms with Gasteiger partial charge in [-0.2, -0.15) is 9.29 Å². The van der Waals surface area contributed by atoms with E-state index in [1.807, 2.05) is 41.4 Å². The molecule has 404 valence electrons. The number of anilines is 3. The Kier molecular flexibility index (Phi) is 14.6. The van der Waals surface area contributed by atoms with Gasteiger partial charge in [0.25, 0.3) is 5.91 Å². The van der Waals surface area contributed by atoms with Gasteiger partial charge in [0, 0.05) is 110 Å². The number of hydrogen-bond donors (Lipinski definition) is 1. The van der Waals surface area contributed by atoms with Crippen LogP contribution in [0.3, 0.4) is 0 Å². The lowest BCUT2D eigenvalue weighted by Gasteiger charge is -2.37. The van der Waals surface area contributed by atoms with Crippen molar-refractivity contribution >= 4 is 64.3 Å². The maximum atomic E-state index is 14.1. The van der Waals surface area contributed by atoms with E-state index in [1.54, 1.807) is 28.1 Å². The summed E-state index contributed by atoms with van der Waals surface area (Å²) in [7, 11) is -3.38. The topological polar surface area (TPSA) is 194 Å². The van der Waals surface area contributed by atoms with Crippen LogP contribution in [0.1, 0.15) is 101 Å². The van der Waals surface area contributed by atoms with Gasteiger partial charge in [0.15, 0.2) is 6.29 Å². The number of aromatic nitrogens is 4. The number of piperidine rings is 2. The molecule has 2 saturated carbocycles. The molecule has 2 aromatic carbocycles. The summed E-state index contributed by atoms with van der Waals surface area (Å²) in [6, 6.07) is 13.3. The number of nitrogens with one attached hydrogen (secondary N) is 1. The molecule has 19 nitrogen and oxygen atoms in total. The summed E-state index contributed by atoms with van der Waals surface area (Å²) >= 11 is 0. The highest BCUT2D eigenvalue weighted by Crippen LogP contribution is 2.58. The van der Waals surface area contributed by atoms with Crippen molar-refractivity contribution in [2.75, 3.05) is 74.3 Å². The maximum Gasteiger partial charge on any atom is 0.329 e. The molecule has 2 unspecified atom stereocenters. The number of amides is 3. The molecule has 6 fully saturated rings. The Bertz CT molecular complexity index is 2970. The molecular formula is C54H74N10O9SSi. The van der Waals surface area contributed by atoms with Gasteiger partial charge in [-0.25, -0.2) is 18.2 Å². The van der Waals surface area contributed by atoms with Crippen LogP contribution in [-0.4, -0.2) is 151 Å². The predicted octanol–water partition coefficient (Wildman–Crippen LogP) is 5.95. The van der Waals surface area contributed by atoms with Crippen LogP contribution in [0, 0.1) is 0 Å². The Morgan fingerprint density at radius 2 is 1.68 bits per heavy atom. The number of fused-ring (bicyclic) bond motifs is 3. The second kappa shape index (κ2) is 21.1. The minimum Gasteiger partial charge on any atom is -0.369 e. The minimum absolute atomic E-state index is 0.00684. The number of carbonyl (C=O) groups is 3. The van der Waals surface area contributed by atoms with E-state index in [-0.39, 0.29) is 61.6 Å². The fraction of sp³-hybridized carbons (Fsp3) is 0.630. The molecule has 11 rings (SSSR count). The van der Waals surface area contributed by atoms with E-state index < -0.39 is 35.5 Å². The molecule has 3 amide bonds. The van der Waals surface area contributed by atoms with Gasteiger partial charge in [0.1, 0.15) is 18.6 Å². The maximum absolute atomic E-state index is 14.1. The third-order valence-corrected chi connectivity index (χ3v) is 20.5. The van der Waals surface area contributed by atoms with E-state index in [4.69, 9.17) is 24.2 Å². The zero-order chi connectivity index (χ0) is 52.2. The van der Waals surface area contributed by atoms with E-state index in [9.17, 15) is 27.6 Å². The molecule has 2 aliphatic carbocycles. The molecule has 2 aromatic heterocycles. The van der Waals surface area contributed by atoms with Crippen molar-refractivity contribution in [2.24, 2.45) is 7.05 Å². The first-order chi connectivity index (χ1) is 36.1. The van der Waals surface area contributed by atoms with Crippen molar-refractivity contribution in [3.63, 3.8) is 0 Å². The molecule has 21 heteroatoms. The van der Waals surface area contributed by atoms with Crippen molar-refractivity contribution < 1.29 is 37.0 Å². The summed E-state index contributed by atoms with van der Waals surface area (Å²) in [5, 5.41) is 3.51. The van der Waals surface area contributed by atoms with Gasteiger partial charge in [-0.15, -0.1) is 0 Å². The Morgan fingerprint density at radius 1 is 0.880 bits per heavy atom. The van der Waals surface area contributed by atoms with Crippen LogP contribution in [0.4, 0.5) is 17.5 Å². The van der Waals surface area contributed by atoms with E-state index in [0.717, 1.165) is 113 Å². The minimum atomic E-state index is -3.75. The fourth-order valence-corrected chi connectivity index (χ4v) is 14.5. The molecule has 4 aromatic rings. The van der Waals surface area contributed by atoms with E-state index in [0.29, 0.717) is 66.8 Å². The first kappa shape index (κ1) is 52.0. The first-order valence-corrected chi connectivity index (χ1v) is 32.7. The van der Waals surface area contributed by atoms with Gasteiger partial charge in [-0.05, 0) is 119 Å². The monoisotopic (exact) mass is 1070 g/mol. The van der Waals surface area contributed by atoms with Crippen molar-refractivity contribution in [1.82, 2.24) is 33.2 Å². The molecule has 4 saturated heterocycles. The second-order valence-electron chi connectivity index (χ2n) is 23.2. The molecule has 75 heavy (non-hydrogen) atoms. The number of aryl methyl sites for hydroxylation is 1. The fourth-order valence-electron chi connectivity index (χ4n) is 12.2. The predicted molar refractivity (Wildman–Crippen MR) is 287 cm³/mol. The number of hydrogen-bond acceptors (Lipinski definition) is 14. The summed E-state index contributed by atoms with van der Waals surface area (Å²) in [4.78, 5) is 72.2. The smallest absolute Gasteiger partial charge is 0.329 e. The van der Waals surface area contributed by atoms with Gasteiger partial charge in [0.05, 0.1) is 27.4 Å². The lowest BCUT2D eigenvalue weighted by atomic mass is 9.91. The van der Waals surface area contributed by atoms with E-state index in [2.05, 4.69) is 34.8 Å². The zero-order valence-electron chi connectivity index (χ0n) is 44.1. The summed E-state index contributed by atoms with van der Waals surface area (Å²) in [6.45, 7) is 12.1. The molecular weight excluding hydrogens is 993 g/mol. The van der Waals surface area contributed by atoms with Gasteiger partial charge < -0.3 is 24.4 Å². The molecule has 0 radical (unpaired) electrons. The van der Waals surface area contributed by atoms with Gasteiger partial charge in [0.2, 0.25) is 27.8 Å². The number of benzene rings is 2. The van der Waals surface area contributed by atoms with Crippen LogP contribution in [0.25, 0.3) is 11.0 Å². The quantitative estimate of drug-likeness (QED) is 0.0786. The molecule has 4 atom stereocenters. The summed E-state index contributed by atoms with van der Waals surface area (Å²) in [5.41, 5.74) is 3.38. The number of imidazole rings is 1. The first-order valence-electron chi connectivity index (χ1n) is 27.5. The lowest BCUT2D eigenvalue weighted by Crippen LogP contribution is -2.48. The zero-order valence-corrected chi connectivity index (χ0v) is 45.9. The SMILES string of the molecule is Cn1c(=O)n(C2CCC(=O)N(COCC[Si](C)(C)C)C2=O)c2ccc(N3CCN(Cc4cccc(S(=O)(=O)N5CCC(Nc6ncc7c(n6)N([C@@H]6CCC[C@@H](OC8CCCCO8)C6)C(=O)C76CC6)CC5)c4)CC3)cc21. The van der Waals surface area contributed by atoms with Crippen LogP contribution < -0.4 is 20.8 Å². The molecule has 7 heterocycles. The van der Waals surface area contributed by atoms with Gasteiger partial charge >= 0.3 is 5.69 Å². The van der Waals surface area contributed by atoms with Gasteiger partial charge in [-0.1, -0.05) is 31.8 Å². The number of imide groups is 1. The normalized spacial score (nSPS) is 25.2. The van der Waals surface area contributed by atoms with Crippen LogP contribution in [0.15, 0.2) is 58.4 Å². The Morgan fingerprint density at radius 3 is 2.43 bits per heavy atom. The Labute approximate surface area is 440 Å². The van der Waals surface area contributed by atoms with Crippen molar-refractivity contribution in [2.45, 2.75) is 157 Å². The summed E-state index contributed by atoms with van der Waals surface area (Å²) in [5.74, 6) is 0.637. The average Bonchev–Trinajstić information content (AvgIpc) is 4.16. The van der Waals surface area contributed by atoms with Gasteiger partial charge in [-0.3, -0.25) is 38.2 Å².